The van der Waals surface area contributed by atoms with Gasteiger partial charge in [-0.3, -0.25) is 4.79 Å². The second kappa shape index (κ2) is 7.77. The van der Waals surface area contributed by atoms with E-state index in [-0.39, 0.29) is 11.4 Å². The summed E-state index contributed by atoms with van der Waals surface area (Å²) in [6, 6.07) is 10.6. The van der Waals surface area contributed by atoms with E-state index in [4.69, 9.17) is 0 Å². The van der Waals surface area contributed by atoms with Crippen LogP contribution < -0.4 is 10.2 Å². The summed E-state index contributed by atoms with van der Waals surface area (Å²) in [5, 5.41) is 2.19. The molecule has 0 atom stereocenters. The molecule has 0 aromatic heterocycles. The minimum absolute atomic E-state index is 0.130. The molecule has 0 radical (unpaired) electrons. The van der Waals surface area contributed by atoms with Crippen molar-refractivity contribution in [1.29, 1.82) is 0 Å². The fourth-order valence-electron chi connectivity index (χ4n) is 3.09. The first-order valence-electron chi connectivity index (χ1n) is 8.75. The SMILES string of the molecule is CCC(C)(C)[NH2+]CC(=O)N(c1ccccc1)C1CCCCC1. The van der Waals surface area contributed by atoms with Gasteiger partial charge in [0.25, 0.3) is 5.91 Å². The molecule has 0 aliphatic heterocycles. The summed E-state index contributed by atoms with van der Waals surface area (Å²) in [5.41, 5.74) is 1.19. The van der Waals surface area contributed by atoms with Crippen LogP contribution in [-0.2, 0) is 4.79 Å². The van der Waals surface area contributed by atoms with E-state index in [1.807, 2.05) is 18.2 Å². The van der Waals surface area contributed by atoms with E-state index < -0.39 is 0 Å². The number of hydrogen-bond acceptors (Lipinski definition) is 1. The average molecular weight is 303 g/mol. The summed E-state index contributed by atoms with van der Waals surface area (Å²) in [6.07, 6.45) is 7.13. The van der Waals surface area contributed by atoms with Gasteiger partial charge in [-0.2, -0.15) is 0 Å². The maximum Gasteiger partial charge on any atom is 0.282 e. The molecule has 3 nitrogen and oxygen atoms in total. The number of carbonyl (C=O) groups excluding carboxylic acids is 1. The van der Waals surface area contributed by atoms with Crippen LogP contribution >= 0.6 is 0 Å². The maximum absolute atomic E-state index is 12.9. The van der Waals surface area contributed by atoms with E-state index in [0.717, 1.165) is 24.9 Å². The second-order valence-electron chi connectivity index (χ2n) is 7.14. The molecule has 0 bridgehead atoms. The second-order valence-corrected chi connectivity index (χ2v) is 7.14. The zero-order valence-electron chi connectivity index (χ0n) is 14.3. The molecule has 22 heavy (non-hydrogen) atoms. The van der Waals surface area contributed by atoms with Crippen molar-refractivity contribution in [2.24, 2.45) is 0 Å². The molecule has 0 heterocycles. The summed E-state index contributed by atoms with van der Waals surface area (Å²) < 4.78 is 0. The van der Waals surface area contributed by atoms with Crippen LogP contribution in [0.2, 0.25) is 0 Å². The maximum atomic E-state index is 12.9. The van der Waals surface area contributed by atoms with Gasteiger partial charge in [-0.1, -0.05) is 44.4 Å². The quantitative estimate of drug-likeness (QED) is 0.861. The minimum atomic E-state index is 0.130. The molecule has 1 aromatic carbocycles. The first kappa shape index (κ1) is 17.0. The van der Waals surface area contributed by atoms with E-state index in [2.05, 4.69) is 43.1 Å². The summed E-state index contributed by atoms with van der Waals surface area (Å²) in [5.74, 6) is 0.250. The van der Waals surface area contributed by atoms with E-state index in [1.165, 1.54) is 19.3 Å². The number of nitrogens with zero attached hydrogens (tertiary/aromatic N) is 1. The lowest BCUT2D eigenvalue weighted by molar-refractivity contribution is -0.711. The highest BCUT2D eigenvalue weighted by molar-refractivity contribution is 5.94. The third-order valence-corrected chi connectivity index (χ3v) is 4.98. The Balaban J connectivity index is 2.11. The molecule has 0 saturated heterocycles. The van der Waals surface area contributed by atoms with Crippen molar-refractivity contribution in [3.05, 3.63) is 30.3 Å². The number of quaternary nitrogens is 1. The zero-order chi connectivity index (χ0) is 16.0. The first-order valence-corrected chi connectivity index (χ1v) is 8.75. The fourth-order valence-corrected chi connectivity index (χ4v) is 3.09. The van der Waals surface area contributed by atoms with Gasteiger partial charge in [-0.15, -0.1) is 0 Å². The third kappa shape index (κ3) is 4.57. The van der Waals surface area contributed by atoms with Crippen molar-refractivity contribution < 1.29 is 10.1 Å². The van der Waals surface area contributed by atoms with Gasteiger partial charge in [0.1, 0.15) is 0 Å². The predicted octanol–water partition coefficient (Wildman–Crippen LogP) is 3.10. The summed E-state index contributed by atoms with van der Waals surface area (Å²) in [4.78, 5) is 15.0. The Morgan fingerprint density at radius 2 is 1.82 bits per heavy atom. The number of hydrogen-bond donors (Lipinski definition) is 1. The Bertz CT molecular complexity index is 464. The van der Waals surface area contributed by atoms with Gasteiger partial charge in [0.15, 0.2) is 6.54 Å². The Labute approximate surface area is 135 Å². The number of nitrogens with two attached hydrogens (primary N) is 1. The molecule has 3 heteroatoms. The molecule has 1 aliphatic carbocycles. The van der Waals surface area contributed by atoms with Crippen molar-refractivity contribution in [2.75, 3.05) is 11.4 Å². The lowest BCUT2D eigenvalue weighted by atomic mass is 9.93. The van der Waals surface area contributed by atoms with Crippen LogP contribution in [0.15, 0.2) is 30.3 Å². The van der Waals surface area contributed by atoms with Crippen LogP contribution in [-0.4, -0.2) is 24.0 Å². The average Bonchev–Trinajstić information content (AvgIpc) is 2.55. The largest absolute Gasteiger partial charge is 0.334 e. The highest BCUT2D eigenvalue weighted by atomic mass is 16.2. The Morgan fingerprint density at radius 3 is 2.41 bits per heavy atom. The Kier molecular flexibility index (Phi) is 6.01. The third-order valence-electron chi connectivity index (χ3n) is 4.98. The van der Waals surface area contributed by atoms with Gasteiger partial charge < -0.3 is 10.2 Å². The monoisotopic (exact) mass is 303 g/mol. The molecular weight excluding hydrogens is 272 g/mol. The molecule has 1 amide bonds. The van der Waals surface area contributed by atoms with Crippen LogP contribution in [0.1, 0.15) is 59.3 Å². The van der Waals surface area contributed by atoms with Crippen molar-refractivity contribution in [3.8, 4) is 0 Å². The highest BCUT2D eigenvalue weighted by Crippen LogP contribution is 2.27. The van der Waals surface area contributed by atoms with Crippen LogP contribution in [0.5, 0.6) is 0 Å². The highest BCUT2D eigenvalue weighted by Gasteiger charge is 2.29. The van der Waals surface area contributed by atoms with Crippen LogP contribution in [0.25, 0.3) is 0 Å². The van der Waals surface area contributed by atoms with Crippen LogP contribution in [0.4, 0.5) is 5.69 Å². The lowest BCUT2D eigenvalue weighted by Crippen LogP contribution is -2.96. The Hall–Kier alpha value is -1.35. The topological polar surface area (TPSA) is 36.9 Å². The lowest BCUT2D eigenvalue weighted by Gasteiger charge is -2.34. The molecule has 2 N–H and O–H groups in total. The molecule has 1 saturated carbocycles. The van der Waals surface area contributed by atoms with Gasteiger partial charge in [0.2, 0.25) is 0 Å². The fraction of sp³-hybridized carbons (Fsp3) is 0.632. The molecule has 2 rings (SSSR count). The van der Waals surface area contributed by atoms with Gasteiger partial charge >= 0.3 is 0 Å². The van der Waals surface area contributed by atoms with Gasteiger partial charge in [-0.25, -0.2) is 0 Å². The molecule has 122 valence electrons. The molecular formula is C19H31N2O+. The van der Waals surface area contributed by atoms with Crippen molar-refractivity contribution in [1.82, 2.24) is 0 Å². The smallest absolute Gasteiger partial charge is 0.282 e. The molecule has 1 aromatic rings. The summed E-state index contributed by atoms with van der Waals surface area (Å²) >= 11 is 0. The number of carbonyl (C=O) groups is 1. The number of para-hydroxylation sites is 1. The van der Waals surface area contributed by atoms with Crippen LogP contribution in [0.3, 0.4) is 0 Å². The first-order chi connectivity index (χ1) is 10.5. The minimum Gasteiger partial charge on any atom is -0.334 e. The number of amides is 1. The number of rotatable bonds is 6. The predicted molar refractivity (Wildman–Crippen MR) is 92.0 cm³/mol. The normalized spacial score (nSPS) is 16.5. The van der Waals surface area contributed by atoms with Crippen molar-refractivity contribution >= 4 is 11.6 Å². The van der Waals surface area contributed by atoms with Gasteiger partial charge in [0, 0.05) is 11.7 Å². The van der Waals surface area contributed by atoms with E-state index in [9.17, 15) is 4.79 Å². The van der Waals surface area contributed by atoms with E-state index in [0.29, 0.717) is 12.6 Å². The van der Waals surface area contributed by atoms with Crippen LogP contribution in [0, 0.1) is 0 Å². The molecule has 0 unspecified atom stereocenters. The molecule has 0 spiro atoms. The van der Waals surface area contributed by atoms with Crippen molar-refractivity contribution in [3.63, 3.8) is 0 Å². The summed E-state index contributed by atoms with van der Waals surface area (Å²) in [7, 11) is 0. The van der Waals surface area contributed by atoms with Crippen molar-refractivity contribution in [2.45, 2.75) is 70.9 Å². The number of anilines is 1. The van der Waals surface area contributed by atoms with E-state index >= 15 is 0 Å². The number of benzene rings is 1. The van der Waals surface area contributed by atoms with Gasteiger partial charge in [0.05, 0.1) is 5.54 Å². The zero-order valence-corrected chi connectivity index (χ0v) is 14.3. The van der Waals surface area contributed by atoms with Gasteiger partial charge in [-0.05, 0) is 45.2 Å². The summed E-state index contributed by atoms with van der Waals surface area (Å²) in [6.45, 7) is 7.12. The molecule has 1 aliphatic rings. The molecule has 1 fully saturated rings. The standard InChI is InChI=1S/C19H30N2O/c1-4-19(2,3)20-15-18(22)21(16-11-7-5-8-12-16)17-13-9-6-10-14-17/h5,7-8,11-12,17,20H,4,6,9-10,13-15H2,1-3H3/p+1. The van der Waals surface area contributed by atoms with E-state index in [1.54, 1.807) is 0 Å². The Morgan fingerprint density at radius 1 is 1.18 bits per heavy atom.